The Morgan fingerprint density at radius 1 is 1.00 bits per heavy atom. The lowest BCUT2D eigenvalue weighted by atomic mass is 9.82. The molecule has 0 N–H and O–H groups in total. The molecule has 0 bridgehead atoms. The van der Waals surface area contributed by atoms with E-state index in [0.29, 0.717) is 45.7 Å². The number of esters is 1. The van der Waals surface area contributed by atoms with Crippen molar-refractivity contribution in [2.45, 2.75) is 56.7 Å². The van der Waals surface area contributed by atoms with Gasteiger partial charge in [-0.25, -0.2) is 0 Å². The van der Waals surface area contributed by atoms with Gasteiger partial charge in [-0.05, 0) is 18.1 Å². The topological polar surface area (TPSA) is 54.0 Å². The maximum atomic E-state index is 11.9. The molecular weight excluding hydrogens is 368 g/mol. The highest BCUT2D eigenvalue weighted by Crippen LogP contribution is 2.42. The van der Waals surface area contributed by atoms with E-state index in [1.54, 1.807) is 0 Å². The van der Waals surface area contributed by atoms with Crippen LogP contribution in [-0.4, -0.2) is 36.5 Å². The van der Waals surface area contributed by atoms with E-state index in [0.717, 1.165) is 11.1 Å². The molecule has 3 atom stereocenters. The Balaban J connectivity index is 1.41. The summed E-state index contributed by atoms with van der Waals surface area (Å²) in [6.45, 7) is 3.85. The first-order valence-electron chi connectivity index (χ1n) is 10.2. The van der Waals surface area contributed by atoms with Crippen molar-refractivity contribution in [3.8, 4) is 0 Å². The molecule has 29 heavy (non-hydrogen) atoms. The SMILES string of the molecule is C[C@@]1(COCc2ccccc2)C[C@@H](OCc2ccccc2)[C@]2(CCC(=O)O2)CO1. The molecule has 2 aromatic rings. The van der Waals surface area contributed by atoms with Crippen LogP contribution in [0.15, 0.2) is 60.7 Å². The molecule has 0 saturated carbocycles. The van der Waals surface area contributed by atoms with Crippen LogP contribution >= 0.6 is 0 Å². The fourth-order valence-electron chi connectivity index (χ4n) is 4.04. The Kier molecular flexibility index (Phi) is 5.99. The van der Waals surface area contributed by atoms with E-state index >= 15 is 0 Å². The summed E-state index contributed by atoms with van der Waals surface area (Å²) in [6.07, 6.45) is 1.43. The van der Waals surface area contributed by atoms with Gasteiger partial charge in [0.25, 0.3) is 0 Å². The third-order valence-electron chi connectivity index (χ3n) is 5.75. The summed E-state index contributed by atoms with van der Waals surface area (Å²) in [5.41, 5.74) is 1.05. The van der Waals surface area contributed by atoms with E-state index in [9.17, 15) is 4.79 Å². The molecule has 2 heterocycles. The minimum absolute atomic E-state index is 0.175. The highest BCUT2D eigenvalue weighted by molar-refractivity contribution is 5.72. The third-order valence-corrected chi connectivity index (χ3v) is 5.75. The molecule has 5 nitrogen and oxygen atoms in total. The van der Waals surface area contributed by atoms with Gasteiger partial charge in [0.15, 0.2) is 5.60 Å². The standard InChI is InChI=1S/C24H28O5/c1-23(17-26-15-19-8-4-2-5-9-19)14-21(27-16-20-10-6-3-7-11-20)24(18-28-23)13-12-22(25)29-24/h2-11,21H,12-18H2,1H3/t21-,23+,24+/m1/s1. The number of benzene rings is 2. The van der Waals surface area contributed by atoms with Gasteiger partial charge >= 0.3 is 5.97 Å². The van der Waals surface area contributed by atoms with Crippen LogP contribution in [0.2, 0.25) is 0 Å². The molecule has 4 rings (SSSR count). The van der Waals surface area contributed by atoms with Gasteiger partial charge in [-0.3, -0.25) is 4.79 Å². The Morgan fingerprint density at radius 3 is 2.28 bits per heavy atom. The average molecular weight is 396 g/mol. The van der Waals surface area contributed by atoms with Crippen LogP contribution in [0.5, 0.6) is 0 Å². The van der Waals surface area contributed by atoms with Crippen molar-refractivity contribution >= 4 is 5.97 Å². The molecular formula is C24H28O5. The van der Waals surface area contributed by atoms with Gasteiger partial charge in [-0.15, -0.1) is 0 Å². The molecule has 0 radical (unpaired) electrons. The second kappa shape index (κ2) is 8.66. The smallest absolute Gasteiger partial charge is 0.306 e. The van der Waals surface area contributed by atoms with Crippen LogP contribution in [0.25, 0.3) is 0 Å². The maximum absolute atomic E-state index is 11.9. The lowest BCUT2D eigenvalue weighted by Gasteiger charge is -2.47. The molecule has 2 aromatic carbocycles. The molecule has 1 spiro atoms. The van der Waals surface area contributed by atoms with Crippen LogP contribution in [0.4, 0.5) is 0 Å². The van der Waals surface area contributed by atoms with Crippen LogP contribution in [0, 0.1) is 0 Å². The monoisotopic (exact) mass is 396 g/mol. The van der Waals surface area contributed by atoms with Crippen molar-refractivity contribution in [1.29, 1.82) is 0 Å². The zero-order valence-corrected chi connectivity index (χ0v) is 16.8. The molecule has 2 saturated heterocycles. The number of ether oxygens (including phenoxy) is 4. The molecule has 2 aliphatic rings. The van der Waals surface area contributed by atoms with E-state index in [-0.39, 0.29) is 12.1 Å². The minimum Gasteiger partial charge on any atom is -0.454 e. The summed E-state index contributed by atoms with van der Waals surface area (Å²) in [7, 11) is 0. The van der Waals surface area contributed by atoms with Gasteiger partial charge in [0.2, 0.25) is 0 Å². The summed E-state index contributed by atoms with van der Waals surface area (Å²) in [5, 5.41) is 0. The summed E-state index contributed by atoms with van der Waals surface area (Å²) in [5.74, 6) is -0.175. The molecule has 5 heteroatoms. The van der Waals surface area contributed by atoms with Gasteiger partial charge in [-0.2, -0.15) is 0 Å². The Hall–Kier alpha value is -2.21. The number of hydrogen-bond donors (Lipinski definition) is 0. The minimum atomic E-state index is -0.690. The quantitative estimate of drug-likeness (QED) is 0.661. The van der Waals surface area contributed by atoms with Crippen LogP contribution in [0.1, 0.15) is 37.3 Å². The van der Waals surface area contributed by atoms with Crippen LogP contribution in [0.3, 0.4) is 0 Å². The summed E-state index contributed by atoms with van der Waals surface area (Å²) >= 11 is 0. The molecule has 0 aliphatic carbocycles. The number of carbonyl (C=O) groups excluding carboxylic acids is 1. The lowest BCUT2D eigenvalue weighted by Crippen LogP contribution is -2.58. The van der Waals surface area contributed by atoms with Gasteiger partial charge < -0.3 is 18.9 Å². The van der Waals surface area contributed by atoms with Crippen molar-refractivity contribution in [1.82, 2.24) is 0 Å². The second-order valence-corrected chi connectivity index (χ2v) is 8.25. The molecule has 0 amide bonds. The highest BCUT2D eigenvalue weighted by Gasteiger charge is 2.54. The number of carbonyl (C=O) groups is 1. The average Bonchev–Trinajstić information content (AvgIpc) is 3.12. The first-order chi connectivity index (χ1) is 14.1. The summed E-state index contributed by atoms with van der Waals surface area (Å²) < 4.78 is 24.2. The fraction of sp³-hybridized carbons (Fsp3) is 0.458. The van der Waals surface area contributed by atoms with Crippen molar-refractivity contribution in [2.24, 2.45) is 0 Å². The van der Waals surface area contributed by atoms with Gasteiger partial charge in [0.05, 0.1) is 32.0 Å². The van der Waals surface area contributed by atoms with Crippen LogP contribution < -0.4 is 0 Å². The third kappa shape index (κ3) is 4.86. The molecule has 2 aliphatic heterocycles. The number of rotatable bonds is 7. The van der Waals surface area contributed by atoms with Crippen molar-refractivity contribution in [2.75, 3.05) is 13.2 Å². The normalized spacial score (nSPS) is 29.1. The van der Waals surface area contributed by atoms with E-state index in [1.165, 1.54) is 0 Å². The van der Waals surface area contributed by atoms with E-state index in [2.05, 4.69) is 0 Å². The zero-order chi connectivity index (χ0) is 20.2. The highest BCUT2D eigenvalue weighted by atomic mass is 16.6. The Labute approximate surface area is 171 Å². The van der Waals surface area contributed by atoms with E-state index < -0.39 is 11.2 Å². The van der Waals surface area contributed by atoms with Crippen molar-refractivity contribution in [3.05, 3.63) is 71.8 Å². The zero-order valence-electron chi connectivity index (χ0n) is 16.8. The molecule has 0 aromatic heterocycles. The van der Waals surface area contributed by atoms with Crippen LogP contribution in [-0.2, 0) is 37.0 Å². The molecule has 154 valence electrons. The Morgan fingerprint density at radius 2 is 1.66 bits per heavy atom. The summed E-state index contributed by atoms with van der Waals surface area (Å²) in [6, 6.07) is 20.1. The van der Waals surface area contributed by atoms with E-state index in [1.807, 2.05) is 67.6 Å². The second-order valence-electron chi connectivity index (χ2n) is 8.25. The predicted molar refractivity (Wildman–Crippen MR) is 108 cm³/mol. The van der Waals surface area contributed by atoms with Gasteiger partial charge in [0.1, 0.15) is 6.10 Å². The predicted octanol–water partition coefficient (Wildman–Crippen LogP) is 4.04. The first kappa shape index (κ1) is 20.1. The Bertz CT molecular complexity index is 809. The van der Waals surface area contributed by atoms with Gasteiger partial charge in [-0.1, -0.05) is 60.7 Å². The van der Waals surface area contributed by atoms with Crippen molar-refractivity contribution in [3.63, 3.8) is 0 Å². The van der Waals surface area contributed by atoms with E-state index in [4.69, 9.17) is 18.9 Å². The fourth-order valence-corrected chi connectivity index (χ4v) is 4.04. The van der Waals surface area contributed by atoms with Crippen molar-refractivity contribution < 1.29 is 23.7 Å². The summed E-state index contributed by atoms with van der Waals surface area (Å²) in [4.78, 5) is 11.9. The maximum Gasteiger partial charge on any atom is 0.306 e. The molecule has 0 unspecified atom stereocenters. The number of hydrogen-bond acceptors (Lipinski definition) is 5. The molecule has 2 fully saturated rings. The largest absolute Gasteiger partial charge is 0.454 e. The first-order valence-corrected chi connectivity index (χ1v) is 10.2. The van der Waals surface area contributed by atoms with Gasteiger partial charge in [0, 0.05) is 19.3 Å². The lowest BCUT2D eigenvalue weighted by molar-refractivity contribution is -0.243.